The van der Waals surface area contributed by atoms with Crippen LogP contribution in [0.15, 0.2) is 47.4 Å². The Kier molecular flexibility index (Phi) is 4.15. The van der Waals surface area contributed by atoms with E-state index < -0.39 is 0 Å². The largest absolute Gasteiger partial charge is 0.368 e. The molecule has 5 nitrogen and oxygen atoms in total. The zero-order valence-corrected chi connectivity index (χ0v) is 12.7. The van der Waals surface area contributed by atoms with Gasteiger partial charge in [0.2, 0.25) is 5.56 Å². The van der Waals surface area contributed by atoms with Crippen LogP contribution in [-0.4, -0.2) is 42.0 Å². The third-order valence-corrected chi connectivity index (χ3v) is 4.00. The van der Waals surface area contributed by atoms with E-state index in [0.29, 0.717) is 23.7 Å². The summed E-state index contributed by atoms with van der Waals surface area (Å²) in [7, 11) is 0. The minimum atomic E-state index is -0.261. The highest BCUT2D eigenvalue weighted by Gasteiger charge is 2.22. The lowest BCUT2D eigenvalue weighted by atomic mass is 10.2. The number of carbonyl (C=O) groups is 1. The minimum absolute atomic E-state index is 0.100. The number of benzene rings is 1. The van der Waals surface area contributed by atoms with Crippen LogP contribution in [0.4, 0.5) is 5.69 Å². The number of aromatic amines is 1. The molecule has 1 aliphatic rings. The molecule has 1 saturated heterocycles. The van der Waals surface area contributed by atoms with E-state index in [1.54, 1.807) is 11.0 Å². The molecule has 2 heterocycles. The molecular formula is C16H16ClN3O2. The molecule has 0 unspecified atom stereocenters. The predicted molar refractivity (Wildman–Crippen MR) is 86.6 cm³/mol. The van der Waals surface area contributed by atoms with Crippen molar-refractivity contribution in [3.8, 4) is 0 Å². The number of amides is 1. The Balaban J connectivity index is 1.67. The van der Waals surface area contributed by atoms with Crippen molar-refractivity contribution in [1.29, 1.82) is 0 Å². The lowest BCUT2D eigenvalue weighted by Crippen LogP contribution is -2.48. The molecule has 0 radical (unpaired) electrons. The van der Waals surface area contributed by atoms with E-state index in [1.165, 1.54) is 12.3 Å². The van der Waals surface area contributed by atoms with E-state index in [0.717, 1.165) is 18.8 Å². The Hall–Kier alpha value is -2.27. The summed E-state index contributed by atoms with van der Waals surface area (Å²) in [6.45, 7) is 2.74. The average Bonchev–Trinajstić information content (AvgIpc) is 2.54. The van der Waals surface area contributed by atoms with Crippen molar-refractivity contribution in [2.24, 2.45) is 0 Å². The van der Waals surface area contributed by atoms with Crippen molar-refractivity contribution in [3.05, 3.63) is 63.5 Å². The van der Waals surface area contributed by atoms with Crippen LogP contribution in [0.5, 0.6) is 0 Å². The summed E-state index contributed by atoms with van der Waals surface area (Å²) in [6, 6.07) is 10.7. The average molecular weight is 318 g/mol. The van der Waals surface area contributed by atoms with Crippen LogP contribution in [0, 0.1) is 0 Å². The molecule has 1 amide bonds. The molecule has 3 rings (SSSR count). The lowest BCUT2D eigenvalue weighted by Gasteiger charge is -2.36. The van der Waals surface area contributed by atoms with Crippen LogP contribution in [0.2, 0.25) is 5.02 Å². The van der Waals surface area contributed by atoms with Gasteiger partial charge in [-0.2, -0.15) is 0 Å². The monoisotopic (exact) mass is 317 g/mol. The van der Waals surface area contributed by atoms with Crippen LogP contribution in [-0.2, 0) is 0 Å². The quantitative estimate of drug-likeness (QED) is 0.921. The van der Waals surface area contributed by atoms with Crippen molar-refractivity contribution in [1.82, 2.24) is 9.88 Å². The number of aromatic nitrogens is 1. The van der Waals surface area contributed by atoms with E-state index >= 15 is 0 Å². The van der Waals surface area contributed by atoms with Gasteiger partial charge in [-0.3, -0.25) is 9.59 Å². The number of piperazine rings is 1. The van der Waals surface area contributed by atoms with Crippen molar-refractivity contribution in [2.75, 3.05) is 31.1 Å². The molecule has 0 atom stereocenters. The highest BCUT2D eigenvalue weighted by atomic mass is 35.5. The van der Waals surface area contributed by atoms with Gasteiger partial charge in [-0.15, -0.1) is 0 Å². The first kappa shape index (κ1) is 14.7. The van der Waals surface area contributed by atoms with Crippen LogP contribution in [0.3, 0.4) is 0 Å². The first-order valence-electron chi connectivity index (χ1n) is 7.12. The number of H-pyrrole nitrogens is 1. The molecule has 0 aliphatic carbocycles. The van der Waals surface area contributed by atoms with Gasteiger partial charge >= 0.3 is 0 Å². The number of halogens is 1. The SMILES string of the molecule is O=C(c1cc[nH]c(=O)c1)N1CCN(c2cccc(Cl)c2)CC1. The number of hydrogen-bond acceptors (Lipinski definition) is 3. The Labute approximate surface area is 133 Å². The normalized spacial score (nSPS) is 15.0. The number of carbonyl (C=O) groups excluding carboxylic acids is 1. The van der Waals surface area contributed by atoms with Crippen molar-refractivity contribution in [2.45, 2.75) is 0 Å². The van der Waals surface area contributed by atoms with Gasteiger partial charge in [-0.1, -0.05) is 17.7 Å². The summed E-state index contributed by atoms with van der Waals surface area (Å²) in [5.41, 5.74) is 1.24. The maximum Gasteiger partial charge on any atom is 0.254 e. The fourth-order valence-corrected chi connectivity index (χ4v) is 2.79. The van der Waals surface area contributed by atoms with Gasteiger partial charge in [0.05, 0.1) is 0 Å². The fraction of sp³-hybridized carbons (Fsp3) is 0.250. The van der Waals surface area contributed by atoms with Crippen LogP contribution >= 0.6 is 11.6 Å². The molecule has 1 aromatic heterocycles. The standard InChI is InChI=1S/C16H16ClN3O2/c17-13-2-1-3-14(11-13)19-6-8-20(9-7-19)16(22)12-4-5-18-15(21)10-12/h1-5,10-11H,6-9H2,(H,18,21). The van der Waals surface area contributed by atoms with Crippen LogP contribution < -0.4 is 10.5 Å². The highest BCUT2D eigenvalue weighted by molar-refractivity contribution is 6.30. The minimum Gasteiger partial charge on any atom is -0.368 e. The summed E-state index contributed by atoms with van der Waals surface area (Å²) in [5, 5.41) is 0.708. The molecule has 0 spiro atoms. The zero-order valence-electron chi connectivity index (χ0n) is 12.0. The summed E-state index contributed by atoms with van der Waals surface area (Å²) in [4.78, 5) is 30.2. The molecule has 0 bridgehead atoms. The van der Waals surface area contributed by atoms with Crippen LogP contribution in [0.25, 0.3) is 0 Å². The lowest BCUT2D eigenvalue weighted by molar-refractivity contribution is 0.0746. The number of hydrogen-bond donors (Lipinski definition) is 1. The molecule has 1 fully saturated rings. The molecular weight excluding hydrogens is 302 g/mol. The van der Waals surface area contributed by atoms with Gasteiger partial charge in [-0.25, -0.2) is 0 Å². The predicted octanol–water partition coefficient (Wildman–Crippen LogP) is 1.99. The molecule has 2 aromatic rings. The second kappa shape index (κ2) is 6.23. The number of nitrogens with one attached hydrogen (secondary N) is 1. The Morgan fingerprint density at radius 1 is 1.09 bits per heavy atom. The third-order valence-electron chi connectivity index (χ3n) is 3.76. The smallest absolute Gasteiger partial charge is 0.254 e. The second-order valence-electron chi connectivity index (χ2n) is 5.20. The number of pyridine rings is 1. The van der Waals surface area contributed by atoms with Crippen LogP contribution in [0.1, 0.15) is 10.4 Å². The van der Waals surface area contributed by atoms with Gasteiger partial charge in [0.15, 0.2) is 0 Å². The fourth-order valence-electron chi connectivity index (χ4n) is 2.60. The van der Waals surface area contributed by atoms with E-state index in [2.05, 4.69) is 9.88 Å². The molecule has 1 aliphatic heterocycles. The van der Waals surface area contributed by atoms with Gasteiger partial charge < -0.3 is 14.8 Å². The van der Waals surface area contributed by atoms with Gasteiger partial charge in [0.25, 0.3) is 5.91 Å². The van der Waals surface area contributed by atoms with Crippen molar-refractivity contribution in [3.63, 3.8) is 0 Å². The van der Waals surface area contributed by atoms with Crippen molar-refractivity contribution >= 4 is 23.2 Å². The summed E-state index contributed by atoms with van der Waals surface area (Å²) < 4.78 is 0. The molecule has 0 saturated carbocycles. The Bertz CT molecular complexity index is 736. The maximum absolute atomic E-state index is 12.4. The Morgan fingerprint density at radius 2 is 1.86 bits per heavy atom. The second-order valence-corrected chi connectivity index (χ2v) is 5.64. The summed E-state index contributed by atoms with van der Waals surface area (Å²) in [5.74, 6) is -0.100. The number of anilines is 1. The number of nitrogens with zero attached hydrogens (tertiary/aromatic N) is 2. The number of rotatable bonds is 2. The highest BCUT2D eigenvalue weighted by Crippen LogP contribution is 2.21. The molecule has 1 N–H and O–H groups in total. The van der Waals surface area contributed by atoms with Gasteiger partial charge in [0.1, 0.15) is 0 Å². The zero-order chi connectivity index (χ0) is 15.5. The molecule has 6 heteroatoms. The Morgan fingerprint density at radius 3 is 2.55 bits per heavy atom. The van der Waals surface area contributed by atoms with E-state index in [1.807, 2.05) is 24.3 Å². The molecule has 22 heavy (non-hydrogen) atoms. The summed E-state index contributed by atoms with van der Waals surface area (Å²) in [6.07, 6.45) is 1.50. The first-order chi connectivity index (χ1) is 10.6. The molecule has 114 valence electrons. The van der Waals surface area contributed by atoms with E-state index in [4.69, 9.17) is 11.6 Å². The van der Waals surface area contributed by atoms with Gasteiger partial charge in [-0.05, 0) is 24.3 Å². The van der Waals surface area contributed by atoms with E-state index in [-0.39, 0.29) is 11.5 Å². The maximum atomic E-state index is 12.4. The van der Waals surface area contributed by atoms with Gasteiger partial charge in [0, 0.05) is 54.7 Å². The van der Waals surface area contributed by atoms with E-state index in [9.17, 15) is 9.59 Å². The third kappa shape index (κ3) is 3.14. The molecule has 1 aromatic carbocycles. The summed E-state index contributed by atoms with van der Waals surface area (Å²) >= 11 is 6.01. The first-order valence-corrected chi connectivity index (χ1v) is 7.50. The topological polar surface area (TPSA) is 56.4 Å². The van der Waals surface area contributed by atoms with Crippen molar-refractivity contribution < 1.29 is 4.79 Å².